The molecular weight excluding hydrogens is 376 g/mol. The van der Waals surface area contributed by atoms with Crippen molar-refractivity contribution in [2.45, 2.75) is 13.5 Å². The molecule has 1 fully saturated rings. The Morgan fingerprint density at radius 3 is 2.53 bits per heavy atom. The van der Waals surface area contributed by atoms with Gasteiger partial charge in [0.15, 0.2) is 0 Å². The largest absolute Gasteiger partial charge is 0.383 e. The fourth-order valence-corrected chi connectivity index (χ4v) is 3.93. The Morgan fingerprint density at radius 2 is 1.80 bits per heavy atom. The zero-order valence-corrected chi connectivity index (χ0v) is 17.8. The summed E-state index contributed by atoms with van der Waals surface area (Å²) in [6, 6.07) is 16.6. The molecule has 0 spiro atoms. The minimum absolute atomic E-state index is 0.0384. The molecule has 0 radical (unpaired) electrons. The van der Waals surface area contributed by atoms with Crippen molar-refractivity contribution in [2.24, 2.45) is 0 Å². The molecule has 6 heteroatoms. The fraction of sp³-hybridized carbons (Fsp3) is 0.375. The van der Waals surface area contributed by atoms with Crippen LogP contribution in [0.3, 0.4) is 0 Å². The van der Waals surface area contributed by atoms with Gasteiger partial charge in [-0.2, -0.15) is 0 Å². The molecule has 2 heterocycles. The monoisotopic (exact) mass is 406 g/mol. The molecule has 0 unspecified atom stereocenters. The van der Waals surface area contributed by atoms with Crippen molar-refractivity contribution in [3.05, 3.63) is 70.0 Å². The molecule has 0 amide bonds. The van der Waals surface area contributed by atoms with Gasteiger partial charge >= 0.3 is 0 Å². The van der Waals surface area contributed by atoms with Crippen LogP contribution < -0.4 is 15.8 Å². The molecule has 1 aliphatic rings. The van der Waals surface area contributed by atoms with Crippen LogP contribution in [0.5, 0.6) is 0 Å². The molecule has 1 aromatic heterocycles. The maximum atomic E-state index is 12.4. The van der Waals surface area contributed by atoms with E-state index in [1.165, 1.54) is 5.69 Å². The van der Waals surface area contributed by atoms with Gasteiger partial charge in [0.1, 0.15) is 0 Å². The summed E-state index contributed by atoms with van der Waals surface area (Å²) in [6.07, 6.45) is 0. The van der Waals surface area contributed by atoms with Crippen molar-refractivity contribution in [3.63, 3.8) is 0 Å². The lowest BCUT2D eigenvalue weighted by Gasteiger charge is -2.36. The topological polar surface area (TPSA) is 60.6 Å². The first-order valence-electron chi connectivity index (χ1n) is 10.5. The van der Waals surface area contributed by atoms with E-state index in [-0.39, 0.29) is 5.56 Å². The van der Waals surface area contributed by atoms with Crippen LogP contribution in [0.25, 0.3) is 10.9 Å². The second-order valence-electron chi connectivity index (χ2n) is 7.94. The third kappa shape index (κ3) is 4.83. The highest BCUT2D eigenvalue weighted by Crippen LogP contribution is 2.20. The van der Waals surface area contributed by atoms with Gasteiger partial charge in [-0.05, 0) is 54.3 Å². The standard InChI is InChI=1S/C24H30N4O2/c1-18-3-4-19-16-20(24(29)26-23(19)15-18)17-25-21-5-7-22(8-6-21)28-11-9-27(10-12-28)13-14-30-2/h3-8,15-16,25H,9-14,17H2,1-2H3,(H,26,29). The molecule has 1 aliphatic heterocycles. The summed E-state index contributed by atoms with van der Waals surface area (Å²) < 4.78 is 5.17. The summed E-state index contributed by atoms with van der Waals surface area (Å²) in [5.74, 6) is 0. The van der Waals surface area contributed by atoms with Crippen LogP contribution >= 0.6 is 0 Å². The second-order valence-corrected chi connectivity index (χ2v) is 7.94. The first-order valence-corrected chi connectivity index (χ1v) is 10.5. The smallest absolute Gasteiger partial charge is 0.253 e. The van der Waals surface area contributed by atoms with E-state index in [0.29, 0.717) is 6.54 Å². The predicted octanol–water partition coefficient (Wildman–Crippen LogP) is 3.22. The molecule has 2 aromatic carbocycles. The van der Waals surface area contributed by atoms with Crippen molar-refractivity contribution < 1.29 is 4.74 Å². The van der Waals surface area contributed by atoms with Crippen molar-refractivity contribution in [3.8, 4) is 0 Å². The first-order chi connectivity index (χ1) is 14.6. The molecule has 1 saturated heterocycles. The Morgan fingerprint density at radius 1 is 1.03 bits per heavy atom. The summed E-state index contributed by atoms with van der Waals surface area (Å²) in [5.41, 5.74) is 4.98. The molecule has 6 nitrogen and oxygen atoms in total. The number of pyridine rings is 1. The highest BCUT2D eigenvalue weighted by molar-refractivity contribution is 5.79. The highest BCUT2D eigenvalue weighted by atomic mass is 16.5. The van der Waals surface area contributed by atoms with Crippen LogP contribution in [0.2, 0.25) is 0 Å². The molecule has 0 bridgehead atoms. The number of aromatic amines is 1. The van der Waals surface area contributed by atoms with Gasteiger partial charge < -0.3 is 19.9 Å². The predicted molar refractivity (Wildman–Crippen MR) is 124 cm³/mol. The van der Waals surface area contributed by atoms with Crippen molar-refractivity contribution in [1.29, 1.82) is 0 Å². The summed E-state index contributed by atoms with van der Waals surface area (Å²) >= 11 is 0. The maximum absolute atomic E-state index is 12.4. The first kappa shape index (κ1) is 20.4. The Labute approximate surface area is 177 Å². The van der Waals surface area contributed by atoms with Crippen molar-refractivity contribution in [1.82, 2.24) is 9.88 Å². The number of hydrogen-bond acceptors (Lipinski definition) is 5. The third-order valence-corrected chi connectivity index (χ3v) is 5.78. The third-order valence-electron chi connectivity index (χ3n) is 5.78. The van der Waals surface area contributed by atoms with Crippen molar-refractivity contribution >= 4 is 22.3 Å². The molecule has 3 aromatic rings. The lowest BCUT2D eigenvalue weighted by atomic mass is 10.1. The number of methoxy groups -OCH3 is 1. The van der Waals surface area contributed by atoms with Crippen LogP contribution in [0.4, 0.5) is 11.4 Å². The molecule has 158 valence electrons. The van der Waals surface area contributed by atoms with Crippen LogP contribution in [-0.4, -0.2) is 56.3 Å². The van der Waals surface area contributed by atoms with E-state index in [2.05, 4.69) is 50.4 Å². The number of piperazine rings is 1. The number of aryl methyl sites for hydroxylation is 1. The maximum Gasteiger partial charge on any atom is 0.253 e. The Kier molecular flexibility index (Phi) is 6.35. The van der Waals surface area contributed by atoms with Gasteiger partial charge in [-0.1, -0.05) is 12.1 Å². The second kappa shape index (κ2) is 9.32. The molecule has 0 aliphatic carbocycles. The van der Waals surface area contributed by atoms with E-state index in [9.17, 15) is 4.79 Å². The Balaban J connectivity index is 1.35. The zero-order chi connectivity index (χ0) is 20.9. The van der Waals surface area contributed by atoms with Crippen LogP contribution in [-0.2, 0) is 11.3 Å². The Hall–Kier alpha value is -2.83. The lowest BCUT2D eigenvalue weighted by Crippen LogP contribution is -2.47. The SMILES string of the molecule is COCCN1CCN(c2ccc(NCc3cc4ccc(C)cc4[nH]c3=O)cc2)CC1. The quantitative estimate of drug-likeness (QED) is 0.631. The fourth-order valence-electron chi connectivity index (χ4n) is 3.93. The summed E-state index contributed by atoms with van der Waals surface area (Å²) in [5, 5.41) is 4.43. The van der Waals surface area contributed by atoms with E-state index >= 15 is 0 Å². The molecule has 0 atom stereocenters. The minimum Gasteiger partial charge on any atom is -0.383 e. The number of H-pyrrole nitrogens is 1. The number of ether oxygens (including phenoxy) is 1. The van der Waals surface area contributed by atoms with E-state index in [0.717, 1.165) is 67.0 Å². The van der Waals surface area contributed by atoms with E-state index in [4.69, 9.17) is 4.74 Å². The number of hydrogen-bond donors (Lipinski definition) is 2. The average molecular weight is 407 g/mol. The summed E-state index contributed by atoms with van der Waals surface area (Å²) in [7, 11) is 1.75. The molecule has 0 saturated carbocycles. The number of nitrogens with zero attached hydrogens (tertiary/aromatic N) is 2. The lowest BCUT2D eigenvalue weighted by molar-refractivity contribution is 0.144. The van der Waals surface area contributed by atoms with E-state index in [1.807, 2.05) is 25.1 Å². The number of benzene rings is 2. The molecule has 4 rings (SSSR count). The van der Waals surface area contributed by atoms with Crippen LogP contribution in [0.15, 0.2) is 53.3 Å². The number of nitrogens with one attached hydrogen (secondary N) is 2. The van der Waals surface area contributed by atoms with Gasteiger partial charge in [0, 0.05) is 68.8 Å². The van der Waals surface area contributed by atoms with E-state index < -0.39 is 0 Å². The molecular formula is C24H30N4O2. The number of fused-ring (bicyclic) bond motifs is 1. The molecule has 2 N–H and O–H groups in total. The number of rotatable bonds is 7. The van der Waals surface area contributed by atoms with Gasteiger partial charge in [-0.25, -0.2) is 0 Å². The van der Waals surface area contributed by atoms with Gasteiger partial charge in [0.2, 0.25) is 0 Å². The summed E-state index contributed by atoms with van der Waals surface area (Å²) in [6.45, 7) is 8.50. The van der Waals surface area contributed by atoms with Crippen molar-refractivity contribution in [2.75, 3.05) is 56.7 Å². The highest BCUT2D eigenvalue weighted by Gasteiger charge is 2.16. The van der Waals surface area contributed by atoms with E-state index in [1.54, 1.807) is 7.11 Å². The Bertz CT molecular complexity index is 1040. The van der Waals surface area contributed by atoms with Crippen LogP contribution in [0, 0.1) is 6.92 Å². The van der Waals surface area contributed by atoms with Gasteiger partial charge in [-0.3, -0.25) is 9.69 Å². The van der Waals surface area contributed by atoms with Gasteiger partial charge in [0.25, 0.3) is 5.56 Å². The molecule has 30 heavy (non-hydrogen) atoms. The number of anilines is 2. The zero-order valence-electron chi connectivity index (χ0n) is 17.8. The minimum atomic E-state index is -0.0384. The van der Waals surface area contributed by atoms with Crippen LogP contribution in [0.1, 0.15) is 11.1 Å². The van der Waals surface area contributed by atoms with Gasteiger partial charge in [0.05, 0.1) is 6.61 Å². The summed E-state index contributed by atoms with van der Waals surface area (Å²) in [4.78, 5) is 20.3. The normalized spacial score (nSPS) is 14.9. The van der Waals surface area contributed by atoms with Gasteiger partial charge in [-0.15, -0.1) is 0 Å². The average Bonchev–Trinajstić information content (AvgIpc) is 2.77. The number of aromatic nitrogens is 1.